The maximum atomic E-state index is 4.56. The van der Waals surface area contributed by atoms with Crippen molar-refractivity contribution < 1.29 is 0 Å². The van der Waals surface area contributed by atoms with Gasteiger partial charge in [0, 0.05) is 25.3 Å². The fraction of sp³-hybridized carbons (Fsp3) is 0.769. The van der Waals surface area contributed by atoms with Crippen molar-refractivity contribution in [3.8, 4) is 0 Å². The van der Waals surface area contributed by atoms with Gasteiger partial charge in [-0.1, -0.05) is 6.92 Å². The first-order valence-corrected chi connectivity index (χ1v) is 6.76. The van der Waals surface area contributed by atoms with Gasteiger partial charge in [0.15, 0.2) is 0 Å². The Morgan fingerprint density at radius 1 is 1.47 bits per heavy atom. The van der Waals surface area contributed by atoms with Crippen LogP contribution in [0.2, 0.25) is 0 Å². The lowest BCUT2D eigenvalue weighted by Gasteiger charge is -2.33. The monoisotopic (exact) mass is 236 g/mol. The summed E-state index contributed by atoms with van der Waals surface area (Å²) >= 11 is 0. The number of nitrogens with one attached hydrogen (secondary N) is 1. The molecule has 1 N–H and O–H groups in total. The second kappa shape index (κ2) is 5.54. The van der Waals surface area contributed by atoms with Crippen molar-refractivity contribution in [2.75, 3.05) is 31.5 Å². The maximum Gasteiger partial charge on any atom is 0.203 e. The van der Waals surface area contributed by atoms with Crippen LogP contribution in [0.1, 0.15) is 38.4 Å². The van der Waals surface area contributed by atoms with Crippen LogP contribution in [0, 0.1) is 6.92 Å². The molecule has 0 amide bonds. The molecule has 0 saturated carbocycles. The van der Waals surface area contributed by atoms with Gasteiger partial charge in [-0.3, -0.25) is 0 Å². The molecule has 0 spiro atoms. The second-order valence-corrected chi connectivity index (χ2v) is 4.83. The van der Waals surface area contributed by atoms with Crippen molar-refractivity contribution in [2.45, 2.75) is 39.7 Å². The zero-order chi connectivity index (χ0) is 12.3. The molecule has 1 aromatic heterocycles. The first kappa shape index (κ1) is 12.4. The van der Waals surface area contributed by atoms with Crippen LogP contribution in [0.15, 0.2) is 6.20 Å². The summed E-state index contributed by atoms with van der Waals surface area (Å²) in [5, 5.41) is 3.36. The van der Waals surface area contributed by atoms with Gasteiger partial charge in [-0.2, -0.15) is 0 Å². The molecular weight excluding hydrogens is 212 g/mol. The van der Waals surface area contributed by atoms with E-state index in [0.717, 1.165) is 31.3 Å². The highest BCUT2D eigenvalue weighted by Gasteiger charge is 2.22. The molecule has 4 heteroatoms. The molecule has 1 saturated heterocycles. The molecule has 2 rings (SSSR count). The number of aryl methyl sites for hydroxylation is 1. The van der Waals surface area contributed by atoms with Gasteiger partial charge in [0.2, 0.25) is 5.95 Å². The number of piperidine rings is 1. The van der Waals surface area contributed by atoms with Crippen LogP contribution in [0.3, 0.4) is 0 Å². The number of anilines is 1. The number of imidazole rings is 1. The number of aromatic nitrogens is 2. The maximum absolute atomic E-state index is 4.56. The van der Waals surface area contributed by atoms with Gasteiger partial charge >= 0.3 is 0 Å². The third-order valence-corrected chi connectivity index (χ3v) is 3.51. The minimum absolute atomic E-state index is 0.582. The lowest BCUT2D eigenvalue weighted by Crippen LogP contribution is -2.36. The second-order valence-electron chi connectivity index (χ2n) is 4.83. The highest BCUT2D eigenvalue weighted by atomic mass is 15.2. The lowest BCUT2D eigenvalue weighted by atomic mass is 10.1. The van der Waals surface area contributed by atoms with Crippen LogP contribution in [0.5, 0.6) is 0 Å². The van der Waals surface area contributed by atoms with Gasteiger partial charge in [0.05, 0.1) is 5.69 Å². The van der Waals surface area contributed by atoms with Crippen molar-refractivity contribution in [3.05, 3.63) is 11.9 Å². The van der Waals surface area contributed by atoms with Crippen molar-refractivity contribution >= 4 is 5.95 Å². The summed E-state index contributed by atoms with van der Waals surface area (Å²) in [4.78, 5) is 7.09. The number of likely N-dealkylation sites (N-methyl/N-ethyl adjacent to an activating group) is 1. The Balaban J connectivity index is 2.14. The lowest BCUT2D eigenvalue weighted by molar-refractivity contribution is 0.186. The molecule has 1 fully saturated rings. The molecule has 96 valence electrons. The van der Waals surface area contributed by atoms with E-state index in [1.165, 1.54) is 19.4 Å². The van der Waals surface area contributed by atoms with Crippen molar-refractivity contribution in [1.82, 2.24) is 14.5 Å². The Morgan fingerprint density at radius 3 is 3.00 bits per heavy atom. The van der Waals surface area contributed by atoms with Gasteiger partial charge in [-0.05, 0) is 39.8 Å². The van der Waals surface area contributed by atoms with E-state index in [4.69, 9.17) is 0 Å². The van der Waals surface area contributed by atoms with E-state index >= 15 is 0 Å². The average molecular weight is 236 g/mol. The van der Waals surface area contributed by atoms with Gasteiger partial charge in [0.25, 0.3) is 0 Å². The molecule has 1 aromatic rings. The number of rotatable bonds is 4. The summed E-state index contributed by atoms with van der Waals surface area (Å²) in [6.07, 6.45) is 4.74. The van der Waals surface area contributed by atoms with E-state index in [1.54, 1.807) is 0 Å². The Labute approximate surface area is 104 Å². The van der Waals surface area contributed by atoms with E-state index in [0.29, 0.717) is 6.04 Å². The zero-order valence-corrected chi connectivity index (χ0v) is 11.2. The molecule has 0 bridgehead atoms. The quantitative estimate of drug-likeness (QED) is 0.870. The van der Waals surface area contributed by atoms with Crippen LogP contribution in [0.25, 0.3) is 0 Å². The fourth-order valence-electron chi connectivity index (χ4n) is 2.63. The summed E-state index contributed by atoms with van der Waals surface area (Å²) in [7, 11) is 0. The normalized spacial score (nSPS) is 21.7. The van der Waals surface area contributed by atoms with Gasteiger partial charge in [-0.15, -0.1) is 0 Å². The Hall–Kier alpha value is -1.03. The molecular formula is C13H24N4. The topological polar surface area (TPSA) is 33.1 Å². The summed E-state index contributed by atoms with van der Waals surface area (Å²) in [6.45, 7) is 10.9. The number of hydrogen-bond acceptors (Lipinski definition) is 3. The first-order chi connectivity index (χ1) is 8.24. The number of nitrogens with zero attached hydrogens (tertiary/aromatic N) is 3. The molecule has 17 heavy (non-hydrogen) atoms. The standard InChI is InChI=1S/C13H24N4/c1-4-14-13-15-11(3)9-17(13)12-7-6-8-16(5-2)10-12/h9,12H,4-8,10H2,1-3H3,(H,14,15). The molecule has 0 aliphatic carbocycles. The predicted octanol–water partition coefficient (Wildman–Crippen LogP) is 2.28. The molecule has 0 aromatic carbocycles. The van der Waals surface area contributed by atoms with Crippen molar-refractivity contribution in [1.29, 1.82) is 0 Å². The van der Waals surface area contributed by atoms with Gasteiger partial charge in [-0.25, -0.2) is 4.98 Å². The summed E-state index contributed by atoms with van der Waals surface area (Å²) in [6, 6.07) is 0.582. The third kappa shape index (κ3) is 2.80. The third-order valence-electron chi connectivity index (χ3n) is 3.51. The summed E-state index contributed by atoms with van der Waals surface area (Å²) in [5.41, 5.74) is 1.11. The van der Waals surface area contributed by atoms with E-state index in [1.807, 2.05) is 0 Å². The predicted molar refractivity (Wildman–Crippen MR) is 71.5 cm³/mol. The first-order valence-electron chi connectivity index (χ1n) is 6.76. The van der Waals surface area contributed by atoms with Crippen LogP contribution in [0.4, 0.5) is 5.95 Å². The minimum atomic E-state index is 0.582. The summed E-state index contributed by atoms with van der Waals surface area (Å²) < 4.78 is 2.33. The largest absolute Gasteiger partial charge is 0.356 e. The Bertz CT molecular complexity index is 358. The Morgan fingerprint density at radius 2 is 2.29 bits per heavy atom. The highest BCUT2D eigenvalue weighted by Crippen LogP contribution is 2.25. The molecule has 2 heterocycles. The molecule has 1 aliphatic heterocycles. The van der Waals surface area contributed by atoms with E-state index in [2.05, 4.69) is 46.7 Å². The van der Waals surface area contributed by atoms with E-state index in [-0.39, 0.29) is 0 Å². The fourth-order valence-corrected chi connectivity index (χ4v) is 2.63. The van der Waals surface area contributed by atoms with Crippen LogP contribution in [-0.4, -0.2) is 40.6 Å². The molecule has 0 radical (unpaired) electrons. The van der Waals surface area contributed by atoms with Gasteiger partial charge in [0.1, 0.15) is 0 Å². The van der Waals surface area contributed by atoms with Crippen LogP contribution >= 0.6 is 0 Å². The zero-order valence-electron chi connectivity index (χ0n) is 11.2. The smallest absolute Gasteiger partial charge is 0.203 e. The van der Waals surface area contributed by atoms with Gasteiger partial charge < -0.3 is 14.8 Å². The average Bonchev–Trinajstić information content (AvgIpc) is 2.71. The number of hydrogen-bond donors (Lipinski definition) is 1. The van der Waals surface area contributed by atoms with Crippen LogP contribution in [-0.2, 0) is 0 Å². The molecule has 4 nitrogen and oxygen atoms in total. The van der Waals surface area contributed by atoms with E-state index < -0.39 is 0 Å². The number of likely N-dealkylation sites (tertiary alicyclic amines) is 1. The molecule has 1 aliphatic rings. The Kier molecular flexibility index (Phi) is 4.05. The summed E-state index contributed by atoms with van der Waals surface area (Å²) in [5.74, 6) is 1.04. The highest BCUT2D eigenvalue weighted by molar-refractivity contribution is 5.29. The SMILES string of the molecule is CCNc1nc(C)cn1C1CCCN(CC)C1. The van der Waals surface area contributed by atoms with E-state index in [9.17, 15) is 0 Å². The van der Waals surface area contributed by atoms with Crippen molar-refractivity contribution in [2.24, 2.45) is 0 Å². The molecule has 1 atom stereocenters. The van der Waals surface area contributed by atoms with Crippen LogP contribution < -0.4 is 5.32 Å². The molecule has 1 unspecified atom stereocenters. The van der Waals surface area contributed by atoms with Crippen molar-refractivity contribution in [3.63, 3.8) is 0 Å². The minimum Gasteiger partial charge on any atom is -0.356 e.